The van der Waals surface area contributed by atoms with Crippen LogP contribution in [-0.2, 0) is 19.3 Å². The van der Waals surface area contributed by atoms with Crippen molar-refractivity contribution < 1.29 is 26.4 Å². The van der Waals surface area contributed by atoms with E-state index in [-0.39, 0.29) is 41.6 Å². The van der Waals surface area contributed by atoms with Crippen molar-refractivity contribution in [3.63, 3.8) is 0 Å². The Bertz CT molecular complexity index is 1250. The van der Waals surface area contributed by atoms with Crippen molar-refractivity contribution in [2.45, 2.75) is 19.3 Å². The Morgan fingerprint density at radius 3 is 2.52 bits per heavy atom. The third-order valence-corrected chi connectivity index (χ3v) is 4.60. The fourth-order valence-electron chi connectivity index (χ4n) is 3.09. The van der Waals surface area contributed by atoms with Crippen LogP contribution in [0.3, 0.4) is 0 Å². The standard InChI is InChI=1S/C21H15F5N4O/c22-12-5-4-11(15(23)8-12)10-28-19-17(9-27)31-20(30-19)14-2-1-3-16-13(14)6-7-18(29-16)21(24,25)26/h1-8,28H,9-10,27H2. The molecule has 0 bridgehead atoms. The highest BCUT2D eigenvalue weighted by Gasteiger charge is 2.32. The molecule has 0 aliphatic heterocycles. The molecular formula is C21H15F5N4O. The second-order valence-electron chi connectivity index (χ2n) is 6.65. The topological polar surface area (TPSA) is 77.0 Å². The largest absolute Gasteiger partial charge is 0.437 e. The summed E-state index contributed by atoms with van der Waals surface area (Å²) in [4.78, 5) is 8.00. The molecule has 0 unspecified atom stereocenters. The number of alkyl halides is 3. The zero-order valence-corrected chi connectivity index (χ0v) is 15.8. The number of nitrogens with zero attached hydrogens (tertiary/aromatic N) is 2. The van der Waals surface area contributed by atoms with Crippen LogP contribution >= 0.6 is 0 Å². The number of fused-ring (bicyclic) bond motifs is 1. The zero-order valence-electron chi connectivity index (χ0n) is 15.8. The molecule has 0 aliphatic rings. The van der Waals surface area contributed by atoms with Gasteiger partial charge in [0.1, 0.15) is 17.3 Å². The van der Waals surface area contributed by atoms with Crippen LogP contribution in [0.1, 0.15) is 17.0 Å². The van der Waals surface area contributed by atoms with Crippen molar-refractivity contribution in [3.8, 4) is 11.5 Å². The summed E-state index contributed by atoms with van der Waals surface area (Å²) in [5.41, 5.74) is 5.47. The van der Waals surface area contributed by atoms with Gasteiger partial charge in [0, 0.05) is 29.1 Å². The number of pyridine rings is 1. The van der Waals surface area contributed by atoms with E-state index in [1.165, 1.54) is 24.3 Å². The lowest BCUT2D eigenvalue weighted by Gasteiger charge is -2.08. The van der Waals surface area contributed by atoms with Gasteiger partial charge in [0.15, 0.2) is 11.6 Å². The minimum atomic E-state index is -4.56. The van der Waals surface area contributed by atoms with E-state index < -0.39 is 23.5 Å². The Morgan fingerprint density at radius 1 is 1.00 bits per heavy atom. The maximum Gasteiger partial charge on any atom is 0.433 e. The molecule has 0 spiro atoms. The molecule has 0 amide bonds. The number of hydrogen-bond acceptors (Lipinski definition) is 5. The van der Waals surface area contributed by atoms with Gasteiger partial charge >= 0.3 is 6.18 Å². The highest BCUT2D eigenvalue weighted by atomic mass is 19.4. The molecule has 4 aromatic rings. The molecule has 2 heterocycles. The second-order valence-corrected chi connectivity index (χ2v) is 6.65. The first-order valence-electron chi connectivity index (χ1n) is 9.11. The summed E-state index contributed by atoms with van der Waals surface area (Å²) in [7, 11) is 0. The molecular weight excluding hydrogens is 419 g/mol. The molecule has 160 valence electrons. The van der Waals surface area contributed by atoms with Crippen LogP contribution in [0, 0.1) is 11.6 Å². The van der Waals surface area contributed by atoms with Crippen LogP contribution in [0.25, 0.3) is 22.4 Å². The first-order chi connectivity index (χ1) is 14.8. The van der Waals surface area contributed by atoms with Gasteiger partial charge in [0.2, 0.25) is 5.89 Å². The predicted octanol–water partition coefficient (Wildman–Crippen LogP) is 5.26. The number of aromatic nitrogens is 2. The third-order valence-electron chi connectivity index (χ3n) is 4.60. The van der Waals surface area contributed by atoms with Gasteiger partial charge in [0.25, 0.3) is 0 Å². The van der Waals surface area contributed by atoms with Gasteiger partial charge in [-0.25, -0.2) is 13.8 Å². The lowest BCUT2D eigenvalue weighted by Crippen LogP contribution is -2.07. The number of anilines is 1. The summed E-state index contributed by atoms with van der Waals surface area (Å²) in [6.07, 6.45) is -4.56. The summed E-state index contributed by atoms with van der Waals surface area (Å²) < 4.78 is 71.5. The molecule has 0 saturated carbocycles. The van der Waals surface area contributed by atoms with Crippen molar-refractivity contribution >= 4 is 16.7 Å². The quantitative estimate of drug-likeness (QED) is 0.419. The van der Waals surface area contributed by atoms with Crippen LogP contribution < -0.4 is 11.1 Å². The highest BCUT2D eigenvalue weighted by molar-refractivity contribution is 5.92. The zero-order chi connectivity index (χ0) is 22.2. The van der Waals surface area contributed by atoms with E-state index in [1.54, 1.807) is 6.07 Å². The normalized spacial score (nSPS) is 11.8. The number of halogens is 5. The number of hydrogen-bond donors (Lipinski definition) is 2. The molecule has 4 rings (SSSR count). The molecule has 0 fully saturated rings. The van der Waals surface area contributed by atoms with Crippen molar-refractivity contribution in [3.05, 3.63) is 77.2 Å². The number of rotatable bonds is 5. The van der Waals surface area contributed by atoms with Gasteiger partial charge in [-0.05, 0) is 30.3 Å². The smallest absolute Gasteiger partial charge is 0.433 e. The van der Waals surface area contributed by atoms with Crippen molar-refractivity contribution in [1.29, 1.82) is 0 Å². The molecule has 3 N–H and O–H groups in total. The minimum absolute atomic E-state index is 0.00285. The fourth-order valence-corrected chi connectivity index (χ4v) is 3.09. The van der Waals surface area contributed by atoms with Crippen LogP contribution in [0.4, 0.5) is 27.8 Å². The summed E-state index contributed by atoms with van der Waals surface area (Å²) in [5.74, 6) is -0.765. The summed E-state index contributed by atoms with van der Waals surface area (Å²) in [5, 5.41) is 3.31. The van der Waals surface area contributed by atoms with E-state index in [9.17, 15) is 22.0 Å². The Balaban J connectivity index is 1.67. The maximum absolute atomic E-state index is 13.9. The predicted molar refractivity (Wildman–Crippen MR) is 104 cm³/mol. The molecule has 0 aliphatic carbocycles. The van der Waals surface area contributed by atoms with Gasteiger partial charge in [-0.15, -0.1) is 0 Å². The van der Waals surface area contributed by atoms with Crippen LogP contribution in [0.2, 0.25) is 0 Å². The van der Waals surface area contributed by atoms with E-state index in [2.05, 4.69) is 15.3 Å². The van der Waals surface area contributed by atoms with Gasteiger partial charge in [-0.2, -0.15) is 18.2 Å². The molecule has 0 saturated heterocycles. The molecule has 0 radical (unpaired) electrons. The second kappa shape index (κ2) is 7.95. The molecule has 10 heteroatoms. The number of nitrogens with two attached hydrogens (primary N) is 1. The van der Waals surface area contributed by atoms with Crippen molar-refractivity contribution in [2.75, 3.05) is 5.32 Å². The monoisotopic (exact) mass is 434 g/mol. The van der Waals surface area contributed by atoms with Gasteiger partial charge < -0.3 is 15.5 Å². The van der Waals surface area contributed by atoms with Crippen molar-refractivity contribution in [1.82, 2.24) is 9.97 Å². The minimum Gasteiger partial charge on any atom is -0.437 e. The van der Waals surface area contributed by atoms with E-state index in [1.807, 2.05) is 0 Å². The van der Waals surface area contributed by atoms with Crippen molar-refractivity contribution in [2.24, 2.45) is 5.73 Å². The Morgan fingerprint density at radius 2 is 1.81 bits per heavy atom. The van der Waals surface area contributed by atoms with Crippen LogP contribution in [0.5, 0.6) is 0 Å². The van der Waals surface area contributed by atoms with E-state index in [0.29, 0.717) is 10.9 Å². The fraction of sp³-hybridized carbons (Fsp3) is 0.143. The summed E-state index contributed by atoms with van der Waals surface area (Å²) in [6.45, 7) is -0.0282. The van der Waals surface area contributed by atoms with Crippen LogP contribution in [0.15, 0.2) is 52.9 Å². The molecule has 2 aromatic heterocycles. The average molecular weight is 434 g/mol. The number of benzene rings is 2. The van der Waals surface area contributed by atoms with E-state index in [4.69, 9.17) is 10.2 Å². The average Bonchev–Trinajstić information content (AvgIpc) is 3.14. The Hall–Kier alpha value is -3.53. The third kappa shape index (κ3) is 4.19. The number of oxazole rings is 1. The highest BCUT2D eigenvalue weighted by Crippen LogP contribution is 2.34. The summed E-state index contributed by atoms with van der Waals surface area (Å²) >= 11 is 0. The molecule has 31 heavy (non-hydrogen) atoms. The van der Waals surface area contributed by atoms with E-state index in [0.717, 1.165) is 18.2 Å². The summed E-state index contributed by atoms with van der Waals surface area (Å²) in [6, 6.07) is 10.0. The lowest BCUT2D eigenvalue weighted by molar-refractivity contribution is -0.140. The molecule has 0 atom stereocenters. The molecule has 2 aromatic carbocycles. The van der Waals surface area contributed by atoms with Crippen LogP contribution in [-0.4, -0.2) is 9.97 Å². The van der Waals surface area contributed by atoms with Gasteiger partial charge in [-0.1, -0.05) is 12.1 Å². The SMILES string of the molecule is NCc1oc(-c2cccc3nc(C(F)(F)F)ccc23)nc1NCc1ccc(F)cc1F. The van der Waals surface area contributed by atoms with Gasteiger partial charge in [0.05, 0.1) is 12.1 Å². The maximum atomic E-state index is 13.9. The number of nitrogens with one attached hydrogen (secondary N) is 1. The Labute approximate surface area is 172 Å². The molecule has 5 nitrogen and oxygen atoms in total. The Kier molecular flexibility index (Phi) is 5.32. The first-order valence-corrected chi connectivity index (χ1v) is 9.11. The lowest BCUT2D eigenvalue weighted by atomic mass is 10.1. The van der Waals surface area contributed by atoms with Gasteiger partial charge in [-0.3, -0.25) is 0 Å². The van der Waals surface area contributed by atoms with E-state index >= 15 is 0 Å². The first kappa shape index (κ1) is 20.7.